The zero-order chi connectivity index (χ0) is 27.4. The summed E-state index contributed by atoms with van der Waals surface area (Å²) in [5.41, 5.74) is 1.76. The third-order valence-corrected chi connectivity index (χ3v) is 7.21. The number of fused-ring (bicyclic) bond motifs is 2. The monoisotopic (exact) mass is 538 g/mol. The maximum absolute atomic E-state index is 14.0. The molecule has 0 spiro atoms. The number of unbranched alkanes of at least 4 members (excludes halogenated alkanes) is 1. The van der Waals surface area contributed by atoms with Gasteiger partial charge in [0.2, 0.25) is 0 Å². The van der Waals surface area contributed by atoms with E-state index in [0.717, 1.165) is 29.3 Å². The Bertz CT molecular complexity index is 1690. The van der Waals surface area contributed by atoms with E-state index >= 15 is 0 Å². The fourth-order valence-electron chi connectivity index (χ4n) is 5.03. The van der Waals surface area contributed by atoms with E-state index in [1.807, 2.05) is 84.6 Å². The number of para-hydroxylation sites is 1. The van der Waals surface area contributed by atoms with Crippen LogP contribution in [0, 0.1) is 0 Å². The predicted molar refractivity (Wildman–Crippen MR) is 160 cm³/mol. The second kappa shape index (κ2) is 11.7. The summed E-state index contributed by atoms with van der Waals surface area (Å²) < 4.78 is 1.60. The van der Waals surface area contributed by atoms with Gasteiger partial charge in [0.15, 0.2) is 0 Å². The van der Waals surface area contributed by atoms with Crippen molar-refractivity contribution in [3.8, 4) is 5.69 Å². The van der Waals surface area contributed by atoms with E-state index in [4.69, 9.17) is 16.6 Å². The Labute approximate surface area is 232 Å². The first-order chi connectivity index (χ1) is 19.0. The summed E-state index contributed by atoms with van der Waals surface area (Å²) in [6.45, 7) is 4.63. The standard InChI is InChI=1S/C32H31ClN4O2/c1-3-5-20-36(32(39)35-27-19-10-13-22-12-6-7-16-25(22)27)29(4-2)30-34-28-18-9-8-17-26(28)31(38)37(30)24-15-11-14-23(33)21-24/h6-19,21,29H,3-5,20H2,1-2H3,(H,35,39). The highest BCUT2D eigenvalue weighted by molar-refractivity contribution is 6.30. The fraction of sp³-hybridized carbons (Fsp3) is 0.219. The minimum Gasteiger partial charge on any atom is -0.314 e. The van der Waals surface area contributed by atoms with Crippen molar-refractivity contribution < 1.29 is 4.79 Å². The number of halogens is 1. The van der Waals surface area contributed by atoms with Crippen LogP contribution in [0.2, 0.25) is 5.02 Å². The van der Waals surface area contributed by atoms with Crippen molar-refractivity contribution in [3.05, 3.63) is 112 Å². The van der Waals surface area contributed by atoms with Gasteiger partial charge in [-0.1, -0.05) is 86.5 Å². The minimum atomic E-state index is -0.456. The van der Waals surface area contributed by atoms with Gasteiger partial charge in [-0.2, -0.15) is 0 Å². The van der Waals surface area contributed by atoms with Crippen molar-refractivity contribution in [1.82, 2.24) is 14.5 Å². The summed E-state index contributed by atoms with van der Waals surface area (Å²) in [7, 11) is 0. The van der Waals surface area contributed by atoms with Crippen LogP contribution in [-0.2, 0) is 0 Å². The van der Waals surface area contributed by atoms with Crippen LogP contribution in [0.1, 0.15) is 45.0 Å². The van der Waals surface area contributed by atoms with Crippen molar-refractivity contribution in [2.75, 3.05) is 11.9 Å². The molecule has 2 amide bonds. The van der Waals surface area contributed by atoms with E-state index in [1.165, 1.54) is 0 Å². The van der Waals surface area contributed by atoms with Crippen LogP contribution in [-0.4, -0.2) is 27.0 Å². The third kappa shape index (κ3) is 5.38. The van der Waals surface area contributed by atoms with Gasteiger partial charge in [0.1, 0.15) is 5.82 Å². The third-order valence-electron chi connectivity index (χ3n) is 6.97. The number of rotatable bonds is 8. The smallest absolute Gasteiger partial charge is 0.314 e. The van der Waals surface area contributed by atoms with E-state index in [1.54, 1.807) is 22.8 Å². The molecule has 0 bridgehead atoms. The Morgan fingerprint density at radius 2 is 1.67 bits per heavy atom. The number of hydrogen-bond acceptors (Lipinski definition) is 3. The van der Waals surface area contributed by atoms with E-state index in [0.29, 0.717) is 40.4 Å². The van der Waals surface area contributed by atoms with Crippen molar-refractivity contribution in [2.24, 2.45) is 0 Å². The number of benzene rings is 4. The van der Waals surface area contributed by atoms with Crippen LogP contribution < -0.4 is 10.9 Å². The molecule has 1 atom stereocenters. The summed E-state index contributed by atoms with van der Waals surface area (Å²) in [6, 6.07) is 27.6. The number of aromatic nitrogens is 2. The second-order valence-corrected chi connectivity index (χ2v) is 9.97. The molecule has 6 nitrogen and oxygen atoms in total. The lowest BCUT2D eigenvalue weighted by molar-refractivity contribution is 0.180. The zero-order valence-electron chi connectivity index (χ0n) is 22.1. The number of carbonyl (C=O) groups is 1. The van der Waals surface area contributed by atoms with Gasteiger partial charge in [0, 0.05) is 17.0 Å². The van der Waals surface area contributed by atoms with Crippen LogP contribution in [0.25, 0.3) is 27.4 Å². The van der Waals surface area contributed by atoms with E-state index in [9.17, 15) is 9.59 Å². The molecule has 5 aromatic rings. The lowest BCUT2D eigenvalue weighted by Crippen LogP contribution is -2.41. The topological polar surface area (TPSA) is 67.2 Å². The molecule has 0 radical (unpaired) electrons. The molecular formula is C32H31ClN4O2. The number of hydrogen-bond donors (Lipinski definition) is 1. The van der Waals surface area contributed by atoms with Gasteiger partial charge in [-0.15, -0.1) is 0 Å². The van der Waals surface area contributed by atoms with E-state index < -0.39 is 6.04 Å². The summed E-state index contributed by atoms with van der Waals surface area (Å²) in [6.07, 6.45) is 2.30. The molecule has 5 rings (SSSR count). The zero-order valence-corrected chi connectivity index (χ0v) is 22.9. The number of urea groups is 1. The molecule has 1 aromatic heterocycles. The largest absolute Gasteiger partial charge is 0.322 e. The number of carbonyl (C=O) groups excluding carboxylic acids is 1. The maximum Gasteiger partial charge on any atom is 0.322 e. The van der Waals surface area contributed by atoms with Crippen molar-refractivity contribution in [2.45, 2.75) is 39.2 Å². The van der Waals surface area contributed by atoms with Crippen molar-refractivity contribution in [3.63, 3.8) is 0 Å². The molecule has 0 aliphatic rings. The number of nitrogens with one attached hydrogen (secondary N) is 1. The number of amides is 2. The molecule has 198 valence electrons. The molecule has 0 aliphatic carbocycles. The van der Waals surface area contributed by atoms with Gasteiger partial charge < -0.3 is 10.2 Å². The summed E-state index contributed by atoms with van der Waals surface area (Å²) in [4.78, 5) is 34.6. The van der Waals surface area contributed by atoms with Crippen LogP contribution in [0.3, 0.4) is 0 Å². The predicted octanol–water partition coefficient (Wildman–Crippen LogP) is 7.98. The molecule has 7 heteroatoms. The maximum atomic E-state index is 14.0. The van der Waals surface area contributed by atoms with Crippen LogP contribution >= 0.6 is 11.6 Å². The molecule has 0 saturated carbocycles. The molecule has 4 aromatic carbocycles. The van der Waals surface area contributed by atoms with Gasteiger partial charge >= 0.3 is 6.03 Å². The van der Waals surface area contributed by atoms with Crippen LogP contribution in [0.5, 0.6) is 0 Å². The number of nitrogens with zero attached hydrogens (tertiary/aromatic N) is 3. The Morgan fingerprint density at radius 1 is 0.949 bits per heavy atom. The van der Waals surface area contributed by atoms with Gasteiger partial charge in [-0.05, 0) is 54.6 Å². The Hall–Kier alpha value is -4.16. The quantitative estimate of drug-likeness (QED) is 0.218. The second-order valence-electron chi connectivity index (χ2n) is 9.54. The molecule has 1 unspecified atom stereocenters. The van der Waals surface area contributed by atoms with Gasteiger partial charge in [0.25, 0.3) is 5.56 Å². The first-order valence-corrected chi connectivity index (χ1v) is 13.7. The summed E-state index contributed by atoms with van der Waals surface area (Å²) >= 11 is 6.34. The fourth-order valence-corrected chi connectivity index (χ4v) is 5.21. The minimum absolute atomic E-state index is 0.193. The lowest BCUT2D eigenvalue weighted by atomic mass is 10.1. The first kappa shape index (κ1) is 26.4. The van der Waals surface area contributed by atoms with Crippen LogP contribution in [0.4, 0.5) is 10.5 Å². The van der Waals surface area contributed by atoms with Gasteiger partial charge in [0.05, 0.1) is 28.3 Å². The van der Waals surface area contributed by atoms with Gasteiger partial charge in [-0.3, -0.25) is 9.36 Å². The number of anilines is 1. The highest BCUT2D eigenvalue weighted by Crippen LogP contribution is 2.29. The molecule has 39 heavy (non-hydrogen) atoms. The molecule has 1 heterocycles. The highest BCUT2D eigenvalue weighted by Gasteiger charge is 2.29. The lowest BCUT2D eigenvalue weighted by Gasteiger charge is -2.32. The Kier molecular flexibility index (Phi) is 7.94. The van der Waals surface area contributed by atoms with E-state index in [-0.39, 0.29) is 11.6 Å². The average molecular weight is 539 g/mol. The SMILES string of the molecule is CCCCN(C(=O)Nc1cccc2ccccc12)C(CC)c1nc2ccccc2c(=O)n1-c1cccc(Cl)c1. The molecule has 1 N–H and O–H groups in total. The molecule has 0 saturated heterocycles. The molecular weight excluding hydrogens is 508 g/mol. The van der Waals surface area contributed by atoms with Crippen LogP contribution in [0.15, 0.2) is 95.8 Å². The van der Waals surface area contributed by atoms with Crippen molar-refractivity contribution in [1.29, 1.82) is 0 Å². The van der Waals surface area contributed by atoms with E-state index in [2.05, 4.69) is 12.2 Å². The molecule has 0 fully saturated rings. The first-order valence-electron chi connectivity index (χ1n) is 13.3. The van der Waals surface area contributed by atoms with Gasteiger partial charge in [-0.25, -0.2) is 9.78 Å². The highest BCUT2D eigenvalue weighted by atomic mass is 35.5. The average Bonchev–Trinajstić information content (AvgIpc) is 2.95. The Balaban J connectivity index is 1.64. The summed E-state index contributed by atoms with van der Waals surface area (Å²) in [5.74, 6) is 0.507. The van der Waals surface area contributed by atoms with Crippen molar-refractivity contribution >= 4 is 45.0 Å². The Morgan fingerprint density at radius 3 is 2.44 bits per heavy atom. The molecule has 0 aliphatic heterocycles. The normalized spacial score (nSPS) is 12.0. The summed E-state index contributed by atoms with van der Waals surface area (Å²) in [5, 5.41) is 6.20.